The molecular weight excluding hydrogens is 380 g/mol. The van der Waals surface area contributed by atoms with Crippen molar-refractivity contribution in [3.05, 3.63) is 59.2 Å². The van der Waals surface area contributed by atoms with E-state index in [4.69, 9.17) is 9.47 Å². The van der Waals surface area contributed by atoms with Crippen LogP contribution in [0.1, 0.15) is 11.1 Å². The number of benzene rings is 2. The Morgan fingerprint density at radius 3 is 1.66 bits per heavy atom. The third-order valence-corrected chi connectivity index (χ3v) is 5.79. The van der Waals surface area contributed by atoms with Gasteiger partial charge in [0.15, 0.2) is 0 Å². The molecule has 0 saturated heterocycles. The van der Waals surface area contributed by atoms with Crippen molar-refractivity contribution < 1.29 is 28.5 Å². The first-order valence-electron chi connectivity index (χ1n) is 9.90. The van der Waals surface area contributed by atoms with E-state index in [0.717, 1.165) is 11.1 Å². The highest BCUT2D eigenvalue weighted by Crippen LogP contribution is 2.33. The van der Waals surface area contributed by atoms with Gasteiger partial charge in [-0.25, -0.2) is 8.78 Å². The summed E-state index contributed by atoms with van der Waals surface area (Å²) in [6.07, 6.45) is 0.464. The van der Waals surface area contributed by atoms with Gasteiger partial charge in [0.05, 0.1) is 13.2 Å². The van der Waals surface area contributed by atoms with Crippen LogP contribution in [0.15, 0.2) is 36.4 Å². The van der Waals surface area contributed by atoms with Crippen LogP contribution >= 0.6 is 0 Å². The van der Waals surface area contributed by atoms with E-state index in [1.807, 2.05) is 0 Å². The maximum absolute atomic E-state index is 13.5. The predicted octanol–water partition coefficient (Wildman–Crippen LogP) is 2.08. The van der Waals surface area contributed by atoms with Crippen molar-refractivity contribution >= 4 is 0 Å². The van der Waals surface area contributed by atoms with Crippen LogP contribution in [0.25, 0.3) is 0 Å². The van der Waals surface area contributed by atoms with Gasteiger partial charge in [-0.2, -0.15) is 0 Å². The first kappa shape index (κ1) is 20.1. The molecule has 0 amide bonds. The van der Waals surface area contributed by atoms with Crippen LogP contribution in [0.2, 0.25) is 0 Å². The van der Waals surface area contributed by atoms with E-state index in [2.05, 4.69) is 5.32 Å². The molecule has 2 aliphatic heterocycles. The van der Waals surface area contributed by atoms with Crippen LogP contribution in [0.3, 0.4) is 0 Å². The smallest absolute Gasteiger partial charge is 0.126 e. The van der Waals surface area contributed by atoms with Crippen LogP contribution in [0, 0.1) is 23.5 Å². The van der Waals surface area contributed by atoms with Crippen LogP contribution in [-0.4, -0.2) is 48.7 Å². The van der Waals surface area contributed by atoms with E-state index in [1.165, 1.54) is 24.3 Å². The van der Waals surface area contributed by atoms with Crippen LogP contribution in [-0.2, 0) is 12.8 Å². The number of hydrogen-bond acceptors (Lipinski definition) is 5. The summed E-state index contributed by atoms with van der Waals surface area (Å²) in [7, 11) is 0. The fraction of sp³-hybridized carbons (Fsp3) is 0.455. The Balaban J connectivity index is 1.38. The standard InChI is InChI=1S/C22H25F2NO4/c23-17-1-3-19-13(7-17)5-15(21(11-26)28-19)9-25-10-16-6-14-8-18(24)2-4-20(14)29-22(16)12-27/h1-4,7-8,15-16,21-22,25-27H,5-6,9-12H2. The number of rotatable bonds is 6. The van der Waals surface area contributed by atoms with Crippen molar-refractivity contribution in [3.8, 4) is 11.5 Å². The summed E-state index contributed by atoms with van der Waals surface area (Å²) >= 11 is 0. The molecule has 7 heteroatoms. The quantitative estimate of drug-likeness (QED) is 0.687. The molecule has 2 aromatic carbocycles. The van der Waals surface area contributed by atoms with E-state index in [9.17, 15) is 19.0 Å². The van der Waals surface area contributed by atoms with Crippen molar-refractivity contribution in [2.45, 2.75) is 25.0 Å². The Kier molecular flexibility index (Phi) is 5.99. The first-order chi connectivity index (χ1) is 14.1. The van der Waals surface area contributed by atoms with Crippen molar-refractivity contribution in [1.82, 2.24) is 5.32 Å². The fourth-order valence-corrected chi connectivity index (χ4v) is 4.23. The summed E-state index contributed by atoms with van der Waals surface area (Å²) in [4.78, 5) is 0. The third kappa shape index (κ3) is 4.37. The van der Waals surface area contributed by atoms with Crippen LogP contribution in [0.5, 0.6) is 11.5 Å². The third-order valence-electron chi connectivity index (χ3n) is 5.79. The fourth-order valence-electron chi connectivity index (χ4n) is 4.23. The number of aliphatic hydroxyl groups is 2. The molecule has 4 unspecified atom stereocenters. The molecule has 29 heavy (non-hydrogen) atoms. The van der Waals surface area contributed by atoms with Gasteiger partial charge in [0.1, 0.15) is 35.3 Å². The summed E-state index contributed by atoms with van der Waals surface area (Å²) in [5.41, 5.74) is 1.58. The second-order valence-electron chi connectivity index (χ2n) is 7.77. The normalized spacial score (nSPS) is 25.5. The molecule has 0 bridgehead atoms. The zero-order chi connectivity index (χ0) is 20.4. The van der Waals surface area contributed by atoms with Crippen molar-refractivity contribution in [1.29, 1.82) is 0 Å². The minimum absolute atomic E-state index is 0.0175. The molecule has 4 atom stereocenters. The van der Waals surface area contributed by atoms with Crippen molar-refractivity contribution in [2.24, 2.45) is 11.8 Å². The molecule has 0 saturated carbocycles. The Hall–Kier alpha value is -2.22. The molecule has 2 aliphatic rings. The van der Waals surface area contributed by atoms with Gasteiger partial charge in [-0.05, 0) is 60.4 Å². The minimum atomic E-state index is -0.369. The Morgan fingerprint density at radius 2 is 1.24 bits per heavy atom. The summed E-state index contributed by atoms with van der Waals surface area (Å²) in [5.74, 6) is 0.574. The molecule has 0 radical (unpaired) electrons. The molecule has 0 fully saturated rings. The topological polar surface area (TPSA) is 71.0 Å². The molecule has 0 aromatic heterocycles. The maximum Gasteiger partial charge on any atom is 0.126 e. The number of hydrogen-bond donors (Lipinski definition) is 3. The Labute approximate surface area is 168 Å². The summed E-state index contributed by atoms with van der Waals surface area (Å²) < 4.78 is 38.7. The highest BCUT2D eigenvalue weighted by atomic mass is 19.1. The van der Waals surface area contributed by atoms with E-state index >= 15 is 0 Å². The number of fused-ring (bicyclic) bond motifs is 2. The van der Waals surface area contributed by atoms with E-state index < -0.39 is 0 Å². The largest absolute Gasteiger partial charge is 0.487 e. The number of nitrogens with one attached hydrogen (secondary N) is 1. The zero-order valence-corrected chi connectivity index (χ0v) is 16.0. The monoisotopic (exact) mass is 405 g/mol. The molecule has 2 heterocycles. The van der Waals surface area contributed by atoms with Gasteiger partial charge < -0.3 is 25.0 Å². The molecular formula is C22H25F2NO4. The molecule has 2 aromatic rings. The lowest BCUT2D eigenvalue weighted by molar-refractivity contribution is 0.0431. The molecule has 0 spiro atoms. The van der Waals surface area contributed by atoms with Gasteiger partial charge in [0.2, 0.25) is 0 Å². The average molecular weight is 405 g/mol. The number of halogens is 2. The SMILES string of the molecule is OCC1Oc2ccc(F)cc2CC1CNCC1Cc2cc(F)ccc2OC1CO. The van der Waals surface area contributed by atoms with E-state index in [-0.39, 0.29) is 48.9 Å². The highest BCUT2D eigenvalue weighted by molar-refractivity contribution is 5.37. The van der Waals surface area contributed by atoms with E-state index in [0.29, 0.717) is 37.4 Å². The maximum atomic E-state index is 13.5. The second kappa shape index (κ2) is 8.65. The lowest BCUT2D eigenvalue weighted by atomic mass is 9.89. The Bertz CT molecular complexity index is 793. The summed E-state index contributed by atoms with van der Waals surface area (Å²) in [5, 5.41) is 22.8. The van der Waals surface area contributed by atoms with Crippen molar-refractivity contribution in [3.63, 3.8) is 0 Å². The molecule has 3 N–H and O–H groups in total. The molecule has 156 valence electrons. The minimum Gasteiger partial charge on any atom is -0.487 e. The lowest BCUT2D eigenvalue weighted by Gasteiger charge is -2.35. The lowest BCUT2D eigenvalue weighted by Crippen LogP contribution is -2.45. The van der Waals surface area contributed by atoms with Gasteiger partial charge in [-0.3, -0.25) is 0 Å². The van der Waals surface area contributed by atoms with Gasteiger partial charge in [0.25, 0.3) is 0 Å². The van der Waals surface area contributed by atoms with Gasteiger partial charge in [-0.15, -0.1) is 0 Å². The molecule has 5 nitrogen and oxygen atoms in total. The van der Waals surface area contributed by atoms with Crippen LogP contribution < -0.4 is 14.8 Å². The van der Waals surface area contributed by atoms with Crippen molar-refractivity contribution in [2.75, 3.05) is 26.3 Å². The molecule has 0 aliphatic carbocycles. The first-order valence-corrected chi connectivity index (χ1v) is 9.90. The Morgan fingerprint density at radius 1 is 0.793 bits per heavy atom. The van der Waals surface area contributed by atoms with Gasteiger partial charge >= 0.3 is 0 Å². The molecule has 4 rings (SSSR count). The predicted molar refractivity (Wildman–Crippen MR) is 103 cm³/mol. The summed E-state index contributed by atoms with van der Waals surface area (Å²) in [6, 6.07) is 8.84. The van der Waals surface area contributed by atoms with Crippen LogP contribution in [0.4, 0.5) is 8.78 Å². The van der Waals surface area contributed by atoms with E-state index in [1.54, 1.807) is 12.1 Å². The number of aliphatic hydroxyl groups excluding tert-OH is 2. The number of ether oxygens (including phenoxy) is 2. The summed E-state index contributed by atoms with van der Waals surface area (Å²) in [6.45, 7) is 0.876. The van der Waals surface area contributed by atoms with Gasteiger partial charge in [-0.1, -0.05) is 0 Å². The zero-order valence-electron chi connectivity index (χ0n) is 16.0. The highest BCUT2D eigenvalue weighted by Gasteiger charge is 2.32. The van der Waals surface area contributed by atoms with Gasteiger partial charge in [0, 0.05) is 24.9 Å². The second-order valence-corrected chi connectivity index (χ2v) is 7.77. The average Bonchev–Trinajstić information content (AvgIpc) is 2.72.